The molecule has 1 aromatic carbocycles. The molecule has 0 radical (unpaired) electrons. The molecular weight excluding hydrogens is 244 g/mol. The third-order valence-corrected chi connectivity index (χ3v) is 3.27. The second-order valence-electron chi connectivity index (χ2n) is 4.50. The van der Waals surface area contributed by atoms with Crippen molar-refractivity contribution in [1.29, 1.82) is 0 Å². The number of nitrogens with zero attached hydrogens (tertiary/aromatic N) is 1. The minimum Gasteiger partial charge on any atom is -0.493 e. The quantitative estimate of drug-likeness (QED) is 0.869. The Morgan fingerprint density at radius 3 is 2.53 bits per heavy atom. The molecule has 1 aliphatic heterocycles. The molecule has 2 rings (SSSR count). The van der Waals surface area contributed by atoms with E-state index in [0.717, 1.165) is 31.7 Å². The van der Waals surface area contributed by atoms with Crippen molar-refractivity contribution in [3.8, 4) is 11.5 Å². The average molecular weight is 264 g/mol. The van der Waals surface area contributed by atoms with E-state index in [0.29, 0.717) is 17.9 Å². The molecule has 0 aromatic heterocycles. The van der Waals surface area contributed by atoms with Crippen molar-refractivity contribution in [2.75, 3.05) is 40.4 Å². The van der Waals surface area contributed by atoms with Crippen molar-refractivity contribution in [2.24, 2.45) is 0 Å². The normalized spacial score (nSPS) is 15.2. The van der Waals surface area contributed by atoms with E-state index in [9.17, 15) is 4.79 Å². The molecule has 5 nitrogen and oxygen atoms in total. The predicted octanol–water partition coefficient (Wildman–Crippen LogP) is 0.678. The fraction of sp³-hybridized carbons (Fsp3) is 0.500. The number of amides is 1. The molecule has 1 saturated heterocycles. The average Bonchev–Trinajstić information content (AvgIpc) is 2.48. The number of methoxy groups -OCH3 is 2. The molecule has 0 saturated carbocycles. The predicted molar refractivity (Wildman–Crippen MR) is 72.7 cm³/mol. The van der Waals surface area contributed by atoms with E-state index >= 15 is 0 Å². The van der Waals surface area contributed by atoms with Crippen molar-refractivity contribution < 1.29 is 14.3 Å². The first kappa shape index (κ1) is 13.7. The molecule has 5 heteroatoms. The van der Waals surface area contributed by atoms with Crippen molar-refractivity contribution in [3.63, 3.8) is 0 Å². The van der Waals surface area contributed by atoms with Crippen molar-refractivity contribution in [1.82, 2.24) is 10.2 Å². The number of benzene rings is 1. The number of hydrogen-bond donors (Lipinski definition) is 1. The Kier molecular flexibility index (Phi) is 4.63. The fourth-order valence-corrected chi connectivity index (χ4v) is 2.19. The van der Waals surface area contributed by atoms with E-state index in [1.165, 1.54) is 0 Å². The van der Waals surface area contributed by atoms with Crippen molar-refractivity contribution >= 4 is 5.91 Å². The van der Waals surface area contributed by atoms with Crippen LogP contribution in [0, 0.1) is 0 Å². The highest BCUT2D eigenvalue weighted by atomic mass is 16.5. The smallest absolute Gasteiger partial charge is 0.227 e. The second-order valence-corrected chi connectivity index (χ2v) is 4.50. The van der Waals surface area contributed by atoms with Crippen LogP contribution in [0.1, 0.15) is 5.56 Å². The third kappa shape index (κ3) is 3.38. The topological polar surface area (TPSA) is 50.8 Å². The molecular formula is C14H20N2O3. The Morgan fingerprint density at radius 1 is 1.21 bits per heavy atom. The maximum atomic E-state index is 12.1. The maximum absolute atomic E-state index is 12.1. The minimum atomic E-state index is 0.161. The van der Waals surface area contributed by atoms with Gasteiger partial charge >= 0.3 is 0 Å². The van der Waals surface area contributed by atoms with Crippen molar-refractivity contribution in [3.05, 3.63) is 23.8 Å². The second kappa shape index (κ2) is 6.43. The Bertz CT molecular complexity index is 442. The Labute approximate surface area is 113 Å². The van der Waals surface area contributed by atoms with Gasteiger partial charge in [-0.05, 0) is 17.7 Å². The van der Waals surface area contributed by atoms with Gasteiger partial charge in [-0.2, -0.15) is 0 Å². The molecule has 1 aromatic rings. The van der Waals surface area contributed by atoms with Gasteiger partial charge in [-0.3, -0.25) is 4.79 Å². The lowest BCUT2D eigenvalue weighted by atomic mass is 10.1. The van der Waals surface area contributed by atoms with Crippen LogP contribution in [0.5, 0.6) is 11.5 Å². The van der Waals surface area contributed by atoms with Crippen LogP contribution in [-0.4, -0.2) is 51.2 Å². The minimum absolute atomic E-state index is 0.161. The molecule has 1 N–H and O–H groups in total. The largest absolute Gasteiger partial charge is 0.493 e. The Hall–Kier alpha value is -1.75. The number of carbonyl (C=O) groups excluding carboxylic acids is 1. The van der Waals surface area contributed by atoms with E-state index < -0.39 is 0 Å². The molecule has 0 bridgehead atoms. The highest BCUT2D eigenvalue weighted by Crippen LogP contribution is 2.27. The van der Waals surface area contributed by atoms with Gasteiger partial charge in [-0.15, -0.1) is 0 Å². The Balaban J connectivity index is 2.03. The highest BCUT2D eigenvalue weighted by Gasteiger charge is 2.17. The molecule has 1 heterocycles. The van der Waals surface area contributed by atoms with Gasteiger partial charge in [-0.25, -0.2) is 0 Å². The summed E-state index contributed by atoms with van der Waals surface area (Å²) in [6.07, 6.45) is 0.403. The van der Waals surface area contributed by atoms with Crippen LogP contribution < -0.4 is 14.8 Å². The monoisotopic (exact) mass is 264 g/mol. The van der Waals surface area contributed by atoms with E-state index in [2.05, 4.69) is 5.32 Å². The van der Waals surface area contributed by atoms with Crippen LogP contribution in [-0.2, 0) is 11.2 Å². The molecule has 1 fully saturated rings. The summed E-state index contributed by atoms with van der Waals surface area (Å²) >= 11 is 0. The number of piperazine rings is 1. The fourth-order valence-electron chi connectivity index (χ4n) is 2.19. The summed E-state index contributed by atoms with van der Waals surface area (Å²) in [5.74, 6) is 1.50. The standard InChI is InChI=1S/C14H20N2O3/c1-18-12-4-3-11(9-13(12)19-2)10-14(17)16-7-5-15-6-8-16/h3-4,9,15H,5-8,10H2,1-2H3. The lowest BCUT2D eigenvalue weighted by molar-refractivity contribution is -0.131. The van der Waals surface area contributed by atoms with Crippen LogP contribution in [0.4, 0.5) is 0 Å². The first-order valence-electron chi connectivity index (χ1n) is 6.44. The van der Waals surface area contributed by atoms with Crippen LogP contribution in [0.3, 0.4) is 0 Å². The van der Waals surface area contributed by atoms with Gasteiger partial charge in [0.2, 0.25) is 5.91 Å². The van der Waals surface area contributed by atoms with Crippen LogP contribution in [0.25, 0.3) is 0 Å². The van der Waals surface area contributed by atoms with Gasteiger partial charge in [0.1, 0.15) is 0 Å². The number of hydrogen-bond acceptors (Lipinski definition) is 4. The van der Waals surface area contributed by atoms with E-state index in [1.807, 2.05) is 23.1 Å². The summed E-state index contributed by atoms with van der Waals surface area (Å²) in [5.41, 5.74) is 0.946. The van der Waals surface area contributed by atoms with Gasteiger partial charge in [0.05, 0.1) is 20.6 Å². The zero-order valence-corrected chi connectivity index (χ0v) is 11.4. The molecule has 1 amide bonds. The molecule has 19 heavy (non-hydrogen) atoms. The summed E-state index contributed by atoms with van der Waals surface area (Å²) in [6, 6.07) is 5.60. The van der Waals surface area contributed by atoms with E-state index in [-0.39, 0.29) is 5.91 Å². The maximum Gasteiger partial charge on any atom is 0.227 e. The third-order valence-electron chi connectivity index (χ3n) is 3.27. The summed E-state index contributed by atoms with van der Waals surface area (Å²) in [7, 11) is 3.20. The van der Waals surface area contributed by atoms with Crippen LogP contribution in [0.2, 0.25) is 0 Å². The summed E-state index contributed by atoms with van der Waals surface area (Å²) in [5, 5.41) is 3.24. The lowest BCUT2D eigenvalue weighted by Crippen LogP contribution is -2.46. The number of rotatable bonds is 4. The number of nitrogens with one attached hydrogen (secondary N) is 1. The lowest BCUT2D eigenvalue weighted by Gasteiger charge is -2.27. The molecule has 0 spiro atoms. The van der Waals surface area contributed by atoms with E-state index in [1.54, 1.807) is 14.2 Å². The highest BCUT2D eigenvalue weighted by molar-refractivity contribution is 5.79. The van der Waals surface area contributed by atoms with E-state index in [4.69, 9.17) is 9.47 Å². The summed E-state index contributed by atoms with van der Waals surface area (Å²) < 4.78 is 10.4. The molecule has 0 unspecified atom stereocenters. The SMILES string of the molecule is COc1ccc(CC(=O)N2CCNCC2)cc1OC. The van der Waals surface area contributed by atoms with Crippen molar-refractivity contribution in [2.45, 2.75) is 6.42 Å². The van der Waals surface area contributed by atoms with Gasteiger partial charge in [0, 0.05) is 26.2 Å². The first-order chi connectivity index (χ1) is 9.24. The molecule has 0 aliphatic carbocycles. The van der Waals surface area contributed by atoms with Gasteiger partial charge in [0.15, 0.2) is 11.5 Å². The van der Waals surface area contributed by atoms with Gasteiger partial charge < -0.3 is 19.7 Å². The first-order valence-corrected chi connectivity index (χ1v) is 6.44. The summed E-state index contributed by atoms with van der Waals surface area (Å²) in [6.45, 7) is 3.31. The van der Waals surface area contributed by atoms with Gasteiger partial charge in [0.25, 0.3) is 0 Å². The van der Waals surface area contributed by atoms with Crippen LogP contribution in [0.15, 0.2) is 18.2 Å². The number of ether oxygens (including phenoxy) is 2. The zero-order valence-electron chi connectivity index (χ0n) is 11.4. The van der Waals surface area contributed by atoms with Crippen LogP contribution >= 0.6 is 0 Å². The van der Waals surface area contributed by atoms with Gasteiger partial charge in [-0.1, -0.05) is 6.07 Å². The number of carbonyl (C=O) groups is 1. The zero-order chi connectivity index (χ0) is 13.7. The molecule has 1 aliphatic rings. The molecule has 104 valence electrons. The summed E-state index contributed by atoms with van der Waals surface area (Å²) in [4.78, 5) is 14.0. The Morgan fingerprint density at radius 2 is 1.89 bits per heavy atom. The molecule has 0 atom stereocenters.